The zero-order valence-electron chi connectivity index (χ0n) is 13.8. The zero-order valence-corrected chi connectivity index (χ0v) is 14.7. The quantitative estimate of drug-likeness (QED) is 0.484. The third-order valence-electron chi connectivity index (χ3n) is 4.11. The first kappa shape index (κ1) is 17.1. The van der Waals surface area contributed by atoms with Gasteiger partial charge in [-0.3, -0.25) is 4.79 Å². The lowest BCUT2D eigenvalue weighted by Crippen LogP contribution is -2.13. The monoisotopic (exact) mass is 346 g/mol. The highest BCUT2D eigenvalue weighted by atomic mass is 31.2. The maximum absolute atomic E-state index is 13.8. The topological polar surface area (TPSA) is 34.1 Å². The van der Waals surface area contributed by atoms with E-state index < -0.39 is 7.14 Å². The Balaban J connectivity index is 1.96. The van der Waals surface area contributed by atoms with Gasteiger partial charge >= 0.3 is 0 Å². The molecule has 0 saturated carbocycles. The van der Waals surface area contributed by atoms with Crippen molar-refractivity contribution in [2.45, 2.75) is 6.42 Å². The molecule has 0 N–H and O–H groups in total. The lowest BCUT2D eigenvalue weighted by molar-refractivity contribution is 0.112. The predicted molar refractivity (Wildman–Crippen MR) is 104 cm³/mol. The van der Waals surface area contributed by atoms with Gasteiger partial charge in [0.15, 0.2) is 7.14 Å². The molecule has 3 rings (SSSR count). The molecule has 0 bridgehead atoms. The van der Waals surface area contributed by atoms with E-state index in [0.29, 0.717) is 12.0 Å². The van der Waals surface area contributed by atoms with Crippen LogP contribution in [0.1, 0.15) is 15.9 Å². The first-order valence-corrected chi connectivity index (χ1v) is 9.93. The van der Waals surface area contributed by atoms with Gasteiger partial charge in [-0.05, 0) is 17.8 Å². The Morgan fingerprint density at radius 1 is 0.720 bits per heavy atom. The first-order chi connectivity index (χ1) is 12.2. The van der Waals surface area contributed by atoms with E-state index >= 15 is 0 Å². The molecule has 2 nitrogen and oxygen atoms in total. The number of rotatable bonds is 6. The Kier molecular flexibility index (Phi) is 5.42. The second kappa shape index (κ2) is 7.92. The summed E-state index contributed by atoms with van der Waals surface area (Å²) in [7, 11) is -2.85. The minimum absolute atomic E-state index is 0.568. The van der Waals surface area contributed by atoms with Gasteiger partial charge in [-0.25, -0.2) is 0 Å². The molecule has 0 aliphatic rings. The van der Waals surface area contributed by atoms with Gasteiger partial charge in [0.05, 0.1) is 0 Å². The number of carbonyl (C=O) groups is 1. The van der Waals surface area contributed by atoms with Crippen LogP contribution in [0.15, 0.2) is 96.8 Å². The van der Waals surface area contributed by atoms with Gasteiger partial charge in [0, 0.05) is 16.2 Å². The summed E-state index contributed by atoms with van der Waals surface area (Å²) in [6.45, 7) is 0. The molecule has 3 heteroatoms. The number of allylic oxidation sites excluding steroid dienone is 1. The summed E-state index contributed by atoms with van der Waals surface area (Å²) in [6, 6.07) is 26.5. The molecule has 0 spiro atoms. The van der Waals surface area contributed by atoms with Crippen LogP contribution in [0, 0.1) is 0 Å². The fourth-order valence-corrected chi connectivity index (χ4v) is 5.06. The van der Waals surface area contributed by atoms with Crippen molar-refractivity contribution in [1.29, 1.82) is 0 Å². The zero-order chi connectivity index (χ0) is 17.5. The molecule has 3 aromatic rings. The maximum atomic E-state index is 13.8. The van der Waals surface area contributed by atoms with Crippen molar-refractivity contribution >= 4 is 24.0 Å². The molecule has 0 aliphatic heterocycles. The van der Waals surface area contributed by atoms with E-state index in [4.69, 9.17) is 0 Å². The Morgan fingerprint density at radius 2 is 1.24 bits per heavy atom. The van der Waals surface area contributed by atoms with Crippen LogP contribution in [-0.2, 0) is 11.0 Å². The van der Waals surface area contributed by atoms with Gasteiger partial charge in [-0.2, -0.15) is 0 Å². The average molecular weight is 346 g/mol. The van der Waals surface area contributed by atoms with E-state index in [-0.39, 0.29) is 0 Å². The van der Waals surface area contributed by atoms with Crippen molar-refractivity contribution in [3.63, 3.8) is 0 Å². The van der Waals surface area contributed by atoms with Crippen LogP contribution in [0.2, 0.25) is 0 Å². The molecule has 0 radical (unpaired) electrons. The average Bonchev–Trinajstić information content (AvgIpc) is 2.69. The second-order valence-electron chi connectivity index (χ2n) is 5.73. The highest BCUT2D eigenvalue weighted by molar-refractivity contribution is 7.81. The number of hydrogen-bond acceptors (Lipinski definition) is 2. The van der Waals surface area contributed by atoms with Crippen LogP contribution >= 0.6 is 7.14 Å². The molecule has 124 valence electrons. The number of benzene rings is 3. The Bertz CT molecular complexity index is 872. The summed E-state index contributed by atoms with van der Waals surface area (Å²) >= 11 is 0. The summed E-state index contributed by atoms with van der Waals surface area (Å²) in [4.78, 5) is 11.2. The maximum Gasteiger partial charge on any atom is 0.163 e. The second-order valence-corrected chi connectivity index (χ2v) is 8.38. The van der Waals surface area contributed by atoms with Gasteiger partial charge in [-0.1, -0.05) is 91.0 Å². The summed E-state index contributed by atoms with van der Waals surface area (Å²) < 4.78 is 13.8. The molecule has 0 saturated heterocycles. The molecular formula is C22H19O2P. The minimum atomic E-state index is -2.85. The predicted octanol–water partition coefficient (Wildman–Crippen LogP) is 4.57. The van der Waals surface area contributed by atoms with Gasteiger partial charge in [0.1, 0.15) is 6.29 Å². The van der Waals surface area contributed by atoms with Crippen molar-refractivity contribution in [3.8, 4) is 0 Å². The fraction of sp³-hybridized carbons (Fsp3) is 0.0455. The normalized spacial score (nSPS) is 11.5. The molecule has 3 aromatic carbocycles. The molecule has 0 amide bonds. The molecule has 0 atom stereocenters. The molecular weight excluding hydrogens is 327 g/mol. The van der Waals surface area contributed by atoms with Crippen molar-refractivity contribution in [1.82, 2.24) is 0 Å². The van der Waals surface area contributed by atoms with Gasteiger partial charge < -0.3 is 4.57 Å². The van der Waals surface area contributed by atoms with Crippen LogP contribution in [0.3, 0.4) is 0 Å². The number of carbonyl (C=O) groups excluding carboxylic acids is 1. The van der Waals surface area contributed by atoms with E-state index in [0.717, 1.165) is 22.5 Å². The molecule has 0 aromatic heterocycles. The Labute approximate surface area is 148 Å². The summed E-state index contributed by atoms with van der Waals surface area (Å²) in [5.74, 6) is 1.80. The summed E-state index contributed by atoms with van der Waals surface area (Å²) in [6.07, 6.45) is 3.33. The highest BCUT2D eigenvalue weighted by Crippen LogP contribution is 2.44. The van der Waals surface area contributed by atoms with E-state index in [1.165, 1.54) is 0 Å². The van der Waals surface area contributed by atoms with E-state index in [2.05, 4.69) is 0 Å². The van der Waals surface area contributed by atoms with Gasteiger partial charge in [0.25, 0.3) is 0 Å². The Hall–Kier alpha value is -2.70. The minimum Gasteiger partial charge on any atom is -0.309 e. The molecule has 0 heterocycles. The number of hydrogen-bond donors (Lipinski definition) is 0. The van der Waals surface area contributed by atoms with Crippen molar-refractivity contribution in [2.24, 2.45) is 0 Å². The summed E-state index contributed by atoms with van der Waals surface area (Å²) in [5.41, 5.74) is 1.60. The van der Waals surface area contributed by atoms with Crippen LogP contribution < -0.4 is 10.6 Å². The van der Waals surface area contributed by atoms with Crippen molar-refractivity contribution in [2.75, 3.05) is 0 Å². The lowest BCUT2D eigenvalue weighted by atomic mass is 10.1. The van der Waals surface area contributed by atoms with Crippen LogP contribution in [0.25, 0.3) is 0 Å². The summed E-state index contributed by atoms with van der Waals surface area (Å²) in [5, 5.41) is 1.61. The van der Waals surface area contributed by atoms with Crippen molar-refractivity contribution in [3.05, 3.63) is 108 Å². The number of aldehydes is 1. The van der Waals surface area contributed by atoms with Crippen LogP contribution in [0.4, 0.5) is 0 Å². The Morgan fingerprint density at radius 3 is 1.80 bits per heavy atom. The molecule has 0 fully saturated rings. The van der Waals surface area contributed by atoms with Gasteiger partial charge in [-0.15, -0.1) is 0 Å². The van der Waals surface area contributed by atoms with E-state index in [9.17, 15) is 9.36 Å². The largest absolute Gasteiger partial charge is 0.309 e. The molecule has 25 heavy (non-hydrogen) atoms. The smallest absolute Gasteiger partial charge is 0.163 e. The van der Waals surface area contributed by atoms with Crippen LogP contribution in [-0.4, -0.2) is 6.29 Å². The standard InChI is InChI=1S/C22H19O2P/c23-18-20-11-8-7-10-19(20)12-9-17-25(24,21-13-3-1-4-14-21)22-15-5-2-6-16-22/h1-11,13-18H,12H2/b17-9+. The third-order valence-corrected chi connectivity index (χ3v) is 6.88. The third kappa shape index (κ3) is 3.87. The lowest BCUT2D eigenvalue weighted by Gasteiger charge is -2.15. The fourth-order valence-electron chi connectivity index (χ4n) is 2.78. The van der Waals surface area contributed by atoms with Crippen molar-refractivity contribution < 1.29 is 9.36 Å². The molecule has 0 unspecified atom stereocenters. The van der Waals surface area contributed by atoms with Gasteiger partial charge in [0.2, 0.25) is 0 Å². The van der Waals surface area contributed by atoms with E-state index in [1.54, 1.807) is 11.9 Å². The highest BCUT2D eigenvalue weighted by Gasteiger charge is 2.23. The van der Waals surface area contributed by atoms with Crippen LogP contribution in [0.5, 0.6) is 0 Å². The first-order valence-electron chi connectivity index (χ1n) is 8.16. The SMILES string of the molecule is O=Cc1ccccc1C/C=C/P(=O)(c1ccccc1)c1ccccc1. The van der Waals surface area contributed by atoms with E-state index in [1.807, 2.05) is 84.9 Å². The molecule has 0 aliphatic carbocycles.